The molecule has 0 bridgehead atoms. The van der Waals surface area contributed by atoms with E-state index >= 15 is 0 Å². The van der Waals surface area contributed by atoms with Gasteiger partial charge in [-0.3, -0.25) is 4.79 Å². The molecule has 6 heteroatoms. The lowest BCUT2D eigenvalue weighted by atomic mass is 10.0. The largest absolute Gasteiger partial charge is 0.482 e. The molecule has 1 aliphatic heterocycles. The van der Waals surface area contributed by atoms with E-state index in [2.05, 4.69) is 5.32 Å². The molecule has 5 nitrogen and oxygen atoms in total. The molecule has 20 heavy (non-hydrogen) atoms. The predicted molar refractivity (Wildman–Crippen MR) is 78.3 cm³/mol. The fraction of sp³-hybridized carbons (Fsp3) is 0.429. The second kappa shape index (κ2) is 7.19. The van der Waals surface area contributed by atoms with Crippen molar-refractivity contribution in [1.82, 2.24) is 0 Å². The lowest BCUT2D eigenvalue weighted by Gasteiger charge is -2.20. The van der Waals surface area contributed by atoms with Crippen LogP contribution >= 0.6 is 11.8 Å². The summed E-state index contributed by atoms with van der Waals surface area (Å²) in [5, 5.41) is 11.4. The van der Waals surface area contributed by atoms with E-state index in [1.807, 2.05) is 11.8 Å². The van der Waals surface area contributed by atoms with Crippen molar-refractivity contribution in [2.75, 3.05) is 23.4 Å². The summed E-state index contributed by atoms with van der Waals surface area (Å²) in [4.78, 5) is 22.4. The number of amides is 1. The SMILES string of the molecule is O=C(O)COc1ccc(NC(=O)C2CCSCC2)cc1. The van der Waals surface area contributed by atoms with Crippen LogP contribution in [0.3, 0.4) is 0 Å². The molecule has 108 valence electrons. The Hall–Kier alpha value is -1.69. The van der Waals surface area contributed by atoms with Gasteiger partial charge in [-0.25, -0.2) is 4.79 Å². The molecule has 1 aromatic carbocycles. The minimum atomic E-state index is -1.02. The third-order valence-electron chi connectivity index (χ3n) is 3.08. The van der Waals surface area contributed by atoms with E-state index in [-0.39, 0.29) is 18.4 Å². The van der Waals surface area contributed by atoms with Crippen LogP contribution in [0.25, 0.3) is 0 Å². The molecular weight excluding hydrogens is 278 g/mol. The Balaban J connectivity index is 1.86. The Morgan fingerprint density at radius 2 is 1.90 bits per heavy atom. The molecule has 1 fully saturated rings. The number of hydrogen-bond acceptors (Lipinski definition) is 4. The lowest BCUT2D eigenvalue weighted by molar-refractivity contribution is -0.139. The van der Waals surface area contributed by atoms with Gasteiger partial charge in [-0.15, -0.1) is 0 Å². The first kappa shape index (κ1) is 14.7. The summed E-state index contributed by atoms with van der Waals surface area (Å²) in [6.45, 7) is -0.370. The Bertz CT molecular complexity index is 469. The molecule has 0 unspecified atom stereocenters. The van der Waals surface area contributed by atoms with Gasteiger partial charge in [-0.2, -0.15) is 11.8 Å². The molecule has 0 aromatic heterocycles. The zero-order chi connectivity index (χ0) is 14.4. The zero-order valence-electron chi connectivity index (χ0n) is 11.0. The Kier molecular flexibility index (Phi) is 5.29. The Labute approximate surface area is 121 Å². The van der Waals surface area contributed by atoms with Crippen LogP contribution in [0.15, 0.2) is 24.3 Å². The summed E-state index contributed by atoms with van der Waals surface area (Å²) in [6, 6.07) is 6.73. The summed E-state index contributed by atoms with van der Waals surface area (Å²) >= 11 is 1.89. The number of ether oxygens (including phenoxy) is 1. The van der Waals surface area contributed by atoms with E-state index in [0.29, 0.717) is 11.4 Å². The first-order valence-corrected chi connectivity index (χ1v) is 7.64. The third kappa shape index (κ3) is 4.45. The van der Waals surface area contributed by atoms with Crippen LogP contribution in [-0.4, -0.2) is 35.1 Å². The number of carbonyl (C=O) groups excluding carboxylic acids is 1. The molecule has 1 aromatic rings. The van der Waals surface area contributed by atoms with Gasteiger partial charge in [0.2, 0.25) is 5.91 Å². The van der Waals surface area contributed by atoms with Gasteiger partial charge >= 0.3 is 5.97 Å². The van der Waals surface area contributed by atoms with Gasteiger partial charge in [0, 0.05) is 11.6 Å². The van der Waals surface area contributed by atoms with Crippen LogP contribution in [0.4, 0.5) is 5.69 Å². The highest BCUT2D eigenvalue weighted by atomic mass is 32.2. The fourth-order valence-electron chi connectivity index (χ4n) is 1.98. The number of thioether (sulfide) groups is 1. The van der Waals surface area contributed by atoms with Gasteiger partial charge in [0.05, 0.1) is 0 Å². The minimum absolute atomic E-state index is 0.0597. The van der Waals surface area contributed by atoms with Crippen LogP contribution in [-0.2, 0) is 9.59 Å². The predicted octanol–water partition coefficient (Wildman–Crippen LogP) is 2.23. The van der Waals surface area contributed by atoms with Crippen molar-refractivity contribution in [3.63, 3.8) is 0 Å². The van der Waals surface area contributed by atoms with Crippen LogP contribution in [0.2, 0.25) is 0 Å². The van der Waals surface area contributed by atoms with E-state index in [0.717, 1.165) is 24.3 Å². The number of carboxylic acids is 1. The van der Waals surface area contributed by atoms with Crippen molar-refractivity contribution in [1.29, 1.82) is 0 Å². The molecule has 0 saturated carbocycles. The second-order valence-corrected chi connectivity index (χ2v) is 5.81. The maximum Gasteiger partial charge on any atom is 0.341 e. The number of rotatable bonds is 5. The second-order valence-electron chi connectivity index (χ2n) is 4.58. The van der Waals surface area contributed by atoms with Gasteiger partial charge < -0.3 is 15.2 Å². The third-order valence-corrected chi connectivity index (χ3v) is 4.13. The highest BCUT2D eigenvalue weighted by molar-refractivity contribution is 7.99. The monoisotopic (exact) mass is 295 g/mol. The van der Waals surface area contributed by atoms with Gasteiger partial charge in [0.1, 0.15) is 5.75 Å². The summed E-state index contributed by atoms with van der Waals surface area (Å²) in [6.07, 6.45) is 1.85. The van der Waals surface area contributed by atoms with Gasteiger partial charge in [-0.05, 0) is 48.6 Å². The van der Waals surface area contributed by atoms with Crippen molar-refractivity contribution in [2.45, 2.75) is 12.8 Å². The molecule has 1 heterocycles. The molecule has 2 N–H and O–H groups in total. The summed E-state index contributed by atoms with van der Waals surface area (Å²) in [7, 11) is 0. The molecule has 1 amide bonds. The molecule has 1 aliphatic rings. The highest BCUT2D eigenvalue weighted by Gasteiger charge is 2.21. The summed E-state index contributed by atoms with van der Waals surface area (Å²) < 4.78 is 5.03. The van der Waals surface area contributed by atoms with E-state index in [1.165, 1.54) is 0 Å². The van der Waals surface area contributed by atoms with E-state index in [1.54, 1.807) is 24.3 Å². The van der Waals surface area contributed by atoms with Crippen molar-refractivity contribution in [3.8, 4) is 5.75 Å². The van der Waals surface area contributed by atoms with Crippen LogP contribution in [0.1, 0.15) is 12.8 Å². The highest BCUT2D eigenvalue weighted by Crippen LogP contribution is 2.24. The first-order valence-electron chi connectivity index (χ1n) is 6.48. The van der Waals surface area contributed by atoms with Crippen LogP contribution < -0.4 is 10.1 Å². The molecule has 1 saturated heterocycles. The molecule has 0 radical (unpaired) electrons. The van der Waals surface area contributed by atoms with Gasteiger partial charge in [-0.1, -0.05) is 0 Å². The molecule has 0 aliphatic carbocycles. The van der Waals surface area contributed by atoms with E-state index < -0.39 is 5.97 Å². The molecule has 2 rings (SSSR count). The lowest BCUT2D eigenvalue weighted by Crippen LogP contribution is -2.26. The van der Waals surface area contributed by atoms with Crippen molar-refractivity contribution < 1.29 is 19.4 Å². The number of aliphatic carboxylic acids is 1. The topological polar surface area (TPSA) is 75.6 Å². The molecular formula is C14H17NO4S. The first-order chi connectivity index (χ1) is 9.65. The van der Waals surface area contributed by atoms with Gasteiger partial charge in [0.15, 0.2) is 6.61 Å². The zero-order valence-corrected chi connectivity index (χ0v) is 11.8. The average Bonchev–Trinajstić information content (AvgIpc) is 2.47. The van der Waals surface area contributed by atoms with Crippen LogP contribution in [0, 0.1) is 5.92 Å². The number of nitrogens with one attached hydrogen (secondary N) is 1. The Morgan fingerprint density at radius 1 is 1.25 bits per heavy atom. The minimum Gasteiger partial charge on any atom is -0.482 e. The number of benzene rings is 1. The number of carboxylic acid groups (broad SMARTS) is 1. The quantitative estimate of drug-likeness (QED) is 0.871. The van der Waals surface area contributed by atoms with Crippen LogP contribution in [0.5, 0.6) is 5.75 Å². The standard InChI is InChI=1S/C14H17NO4S/c16-13(17)9-19-12-3-1-11(2-4-12)15-14(18)10-5-7-20-8-6-10/h1-4,10H,5-9H2,(H,15,18)(H,16,17). The fourth-order valence-corrected chi connectivity index (χ4v) is 3.09. The molecule has 0 spiro atoms. The summed E-state index contributed by atoms with van der Waals surface area (Å²) in [5.41, 5.74) is 0.705. The smallest absolute Gasteiger partial charge is 0.341 e. The Morgan fingerprint density at radius 3 is 2.50 bits per heavy atom. The van der Waals surface area contributed by atoms with E-state index in [4.69, 9.17) is 9.84 Å². The van der Waals surface area contributed by atoms with Crippen molar-refractivity contribution >= 4 is 29.3 Å². The maximum atomic E-state index is 12.0. The summed E-state index contributed by atoms with van der Waals surface area (Å²) in [5.74, 6) is 1.70. The number of hydrogen-bond donors (Lipinski definition) is 2. The van der Waals surface area contributed by atoms with Gasteiger partial charge in [0.25, 0.3) is 0 Å². The molecule has 0 atom stereocenters. The number of carbonyl (C=O) groups is 2. The number of anilines is 1. The maximum absolute atomic E-state index is 12.0. The van der Waals surface area contributed by atoms with Crippen molar-refractivity contribution in [3.05, 3.63) is 24.3 Å². The van der Waals surface area contributed by atoms with Crippen molar-refractivity contribution in [2.24, 2.45) is 5.92 Å². The van der Waals surface area contributed by atoms with E-state index in [9.17, 15) is 9.59 Å². The normalized spacial score (nSPS) is 15.6. The average molecular weight is 295 g/mol.